The molecule has 29 heavy (non-hydrogen) atoms. The molecule has 1 unspecified atom stereocenters. The summed E-state index contributed by atoms with van der Waals surface area (Å²) in [5.74, 6) is 0.0201. The number of amides is 2. The maximum Gasteiger partial charge on any atom is 0.246 e. The fraction of sp³-hybridized carbons (Fsp3) is 0.304. The summed E-state index contributed by atoms with van der Waals surface area (Å²) in [5.41, 5.74) is 4.04. The molecule has 1 saturated heterocycles. The van der Waals surface area contributed by atoms with Crippen molar-refractivity contribution in [2.75, 3.05) is 13.1 Å². The summed E-state index contributed by atoms with van der Waals surface area (Å²) in [5, 5.41) is 1.73. The molecule has 0 aliphatic carbocycles. The van der Waals surface area contributed by atoms with Crippen LogP contribution in [-0.2, 0) is 16.0 Å². The van der Waals surface area contributed by atoms with Gasteiger partial charge in [0.25, 0.3) is 0 Å². The summed E-state index contributed by atoms with van der Waals surface area (Å²) >= 11 is 6.29. The molecule has 0 bridgehead atoms. The van der Waals surface area contributed by atoms with Gasteiger partial charge in [-0.3, -0.25) is 9.59 Å². The third kappa shape index (κ3) is 2.84. The number of rotatable bonds is 3. The lowest BCUT2D eigenvalue weighted by Crippen LogP contribution is -2.63. The topological polar surface area (TPSA) is 56.4 Å². The monoisotopic (exact) mass is 407 g/mol. The van der Waals surface area contributed by atoms with E-state index >= 15 is 0 Å². The summed E-state index contributed by atoms with van der Waals surface area (Å²) < 4.78 is 0. The van der Waals surface area contributed by atoms with Crippen LogP contribution in [0.5, 0.6) is 0 Å². The Bertz CT molecular complexity index is 1120. The van der Waals surface area contributed by atoms with Crippen molar-refractivity contribution in [2.45, 2.75) is 31.8 Å². The van der Waals surface area contributed by atoms with Crippen LogP contribution in [0.25, 0.3) is 10.9 Å². The summed E-state index contributed by atoms with van der Waals surface area (Å²) in [6.07, 6.45) is 1.36. The van der Waals surface area contributed by atoms with E-state index < -0.39 is 6.04 Å². The Labute approximate surface area is 174 Å². The van der Waals surface area contributed by atoms with Crippen molar-refractivity contribution in [3.8, 4) is 0 Å². The number of halogens is 1. The van der Waals surface area contributed by atoms with E-state index in [2.05, 4.69) is 11.1 Å². The number of piperazine rings is 1. The summed E-state index contributed by atoms with van der Waals surface area (Å²) in [7, 11) is 0. The first kappa shape index (κ1) is 18.3. The largest absolute Gasteiger partial charge is 0.356 e. The second-order valence-electron chi connectivity index (χ2n) is 7.80. The third-order valence-electron chi connectivity index (χ3n) is 6.00. The van der Waals surface area contributed by atoms with Gasteiger partial charge in [-0.15, -0.1) is 0 Å². The molecular weight excluding hydrogens is 386 g/mol. The molecule has 148 valence electrons. The van der Waals surface area contributed by atoms with Gasteiger partial charge < -0.3 is 14.8 Å². The van der Waals surface area contributed by atoms with Gasteiger partial charge in [-0.2, -0.15) is 0 Å². The molecule has 6 heteroatoms. The van der Waals surface area contributed by atoms with Crippen LogP contribution in [0.1, 0.15) is 36.2 Å². The van der Waals surface area contributed by atoms with Crippen molar-refractivity contribution in [2.24, 2.45) is 0 Å². The van der Waals surface area contributed by atoms with Crippen LogP contribution >= 0.6 is 11.6 Å². The van der Waals surface area contributed by atoms with Crippen molar-refractivity contribution in [1.82, 2.24) is 14.8 Å². The molecule has 2 amide bonds. The van der Waals surface area contributed by atoms with Gasteiger partial charge in [0, 0.05) is 34.6 Å². The number of para-hydroxylation sites is 1. The van der Waals surface area contributed by atoms with E-state index in [0.717, 1.165) is 34.1 Å². The van der Waals surface area contributed by atoms with Crippen molar-refractivity contribution in [1.29, 1.82) is 0 Å². The van der Waals surface area contributed by atoms with E-state index in [1.165, 1.54) is 0 Å². The fourth-order valence-corrected chi connectivity index (χ4v) is 5.00. The van der Waals surface area contributed by atoms with E-state index in [1.807, 2.05) is 49.4 Å². The van der Waals surface area contributed by atoms with Crippen LogP contribution < -0.4 is 0 Å². The molecule has 5 nitrogen and oxygen atoms in total. The summed E-state index contributed by atoms with van der Waals surface area (Å²) in [6.45, 7) is 2.77. The highest BCUT2D eigenvalue weighted by molar-refractivity contribution is 6.30. The normalized spacial score (nSPS) is 21.4. The first-order chi connectivity index (χ1) is 14.1. The maximum absolute atomic E-state index is 13.3. The smallest absolute Gasteiger partial charge is 0.246 e. The molecule has 1 aromatic heterocycles. The molecule has 2 atom stereocenters. The first-order valence-corrected chi connectivity index (χ1v) is 10.4. The molecule has 0 spiro atoms. The van der Waals surface area contributed by atoms with E-state index in [-0.39, 0.29) is 24.4 Å². The van der Waals surface area contributed by atoms with Gasteiger partial charge >= 0.3 is 0 Å². The summed E-state index contributed by atoms with van der Waals surface area (Å²) in [4.78, 5) is 33.6. The highest BCUT2D eigenvalue weighted by Crippen LogP contribution is 2.42. The Balaban J connectivity index is 1.72. The number of aromatic amines is 1. The van der Waals surface area contributed by atoms with Crippen molar-refractivity contribution >= 4 is 34.3 Å². The van der Waals surface area contributed by atoms with Crippen LogP contribution in [0.3, 0.4) is 0 Å². The average Bonchev–Trinajstić information content (AvgIpc) is 3.09. The highest BCUT2D eigenvalue weighted by Gasteiger charge is 2.47. The van der Waals surface area contributed by atoms with Crippen LogP contribution in [0.15, 0.2) is 48.5 Å². The van der Waals surface area contributed by atoms with Crippen molar-refractivity contribution < 1.29 is 9.59 Å². The number of hydrogen-bond donors (Lipinski definition) is 1. The molecule has 5 rings (SSSR count). The minimum absolute atomic E-state index is 0.0164. The lowest BCUT2D eigenvalue weighted by molar-refractivity contribution is -0.158. The third-order valence-corrected chi connectivity index (χ3v) is 6.24. The van der Waals surface area contributed by atoms with Gasteiger partial charge in [0.1, 0.15) is 6.04 Å². The lowest BCUT2D eigenvalue weighted by Gasteiger charge is -2.47. The van der Waals surface area contributed by atoms with Crippen molar-refractivity contribution in [3.63, 3.8) is 0 Å². The Morgan fingerprint density at radius 1 is 1.14 bits per heavy atom. The van der Waals surface area contributed by atoms with E-state index in [4.69, 9.17) is 11.6 Å². The molecule has 1 fully saturated rings. The van der Waals surface area contributed by atoms with Gasteiger partial charge in [-0.05, 0) is 35.7 Å². The molecule has 3 aromatic rings. The summed E-state index contributed by atoms with van der Waals surface area (Å²) in [6, 6.07) is 14.9. The number of hydrogen-bond acceptors (Lipinski definition) is 2. The number of benzene rings is 2. The highest BCUT2D eigenvalue weighted by atomic mass is 35.5. The number of fused-ring (bicyclic) bond motifs is 4. The van der Waals surface area contributed by atoms with Gasteiger partial charge in [0.05, 0.1) is 12.6 Å². The van der Waals surface area contributed by atoms with E-state index in [9.17, 15) is 9.59 Å². The van der Waals surface area contributed by atoms with E-state index in [0.29, 0.717) is 18.0 Å². The molecule has 0 radical (unpaired) electrons. The number of carbonyl (C=O) groups is 2. The van der Waals surface area contributed by atoms with Crippen LogP contribution in [0.2, 0.25) is 5.02 Å². The Hall–Kier alpha value is -2.79. The fourth-order valence-electron chi connectivity index (χ4n) is 4.81. The Morgan fingerprint density at radius 3 is 2.76 bits per heavy atom. The zero-order valence-corrected chi connectivity index (χ0v) is 16.9. The van der Waals surface area contributed by atoms with Gasteiger partial charge in [-0.25, -0.2) is 0 Å². The standard InChI is InChI=1S/C23H22ClN3O2/c1-2-10-26-13-20(28)27-19(23(26)29)12-17-16-8-3-4-9-18(16)25-21(17)22(27)14-6-5-7-15(24)11-14/h3-9,11,19,22,25H,2,10,12-13H2,1H3/t19-,22?/m0/s1. The second kappa shape index (κ2) is 6.92. The second-order valence-corrected chi connectivity index (χ2v) is 8.24. The van der Waals surface area contributed by atoms with Crippen LogP contribution in [-0.4, -0.2) is 45.7 Å². The van der Waals surface area contributed by atoms with Crippen LogP contribution in [0, 0.1) is 0 Å². The number of carbonyl (C=O) groups excluding carboxylic acids is 2. The Kier molecular flexibility index (Phi) is 4.36. The van der Waals surface area contributed by atoms with Gasteiger partial charge in [0.15, 0.2) is 0 Å². The number of nitrogens with zero attached hydrogens (tertiary/aromatic N) is 2. The molecule has 2 aromatic carbocycles. The number of aromatic nitrogens is 1. The number of nitrogens with one attached hydrogen (secondary N) is 1. The van der Waals surface area contributed by atoms with Crippen molar-refractivity contribution in [3.05, 3.63) is 70.4 Å². The van der Waals surface area contributed by atoms with Gasteiger partial charge in [-0.1, -0.05) is 48.9 Å². The molecule has 3 heterocycles. The predicted octanol–water partition coefficient (Wildman–Crippen LogP) is 3.92. The maximum atomic E-state index is 13.3. The molecular formula is C23H22ClN3O2. The SMILES string of the molecule is CCCN1CC(=O)N2C(c3cccc(Cl)c3)c3[nH]c4ccccc4c3C[C@H]2C1=O. The van der Waals surface area contributed by atoms with E-state index in [1.54, 1.807) is 9.80 Å². The average molecular weight is 408 g/mol. The lowest BCUT2D eigenvalue weighted by atomic mass is 9.86. The van der Waals surface area contributed by atoms with Crippen LogP contribution in [0.4, 0.5) is 0 Å². The molecule has 0 saturated carbocycles. The van der Waals surface area contributed by atoms with Gasteiger partial charge in [0.2, 0.25) is 11.8 Å². The Morgan fingerprint density at radius 2 is 1.97 bits per heavy atom. The molecule has 2 aliphatic heterocycles. The minimum Gasteiger partial charge on any atom is -0.356 e. The minimum atomic E-state index is -0.488. The number of H-pyrrole nitrogens is 1. The quantitative estimate of drug-likeness (QED) is 0.715. The molecule has 1 N–H and O–H groups in total. The zero-order chi connectivity index (χ0) is 20.1. The first-order valence-electron chi connectivity index (χ1n) is 10.0. The molecule has 2 aliphatic rings. The zero-order valence-electron chi connectivity index (χ0n) is 16.2. The predicted molar refractivity (Wildman–Crippen MR) is 113 cm³/mol.